The lowest BCUT2D eigenvalue weighted by Crippen LogP contribution is -2.06. The molecule has 0 spiro atoms. The minimum atomic E-state index is 0.527. The summed E-state index contributed by atoms with van der Waals surface area (Å²) >= 11 is 3.86. The molecule has 36 heavy (non-hydrogen) atoms. The summed E-state index contributed by atoms with van der Waals surface area (Å²) in [5.41, 5.74) is 1.05. The lowest BCUT2D eigenvalue weighted by Gasteiger charge is -2.20. The van der Waals surface area contributed by atoms with E-state index in [4.69, 9.17) is 0 Å². The van der Waals surface area contributed by atoms with Gasteiger partial charge in [0.1, 0.15) is 12.1 Å². The van der Waals surface area contributed by atoms with Crippen LogP contribution in [0, 0.1) is 34.5 Å². The fraction of sp³-hybridized carbons (Fsp3) is 0.750. The Morgan fingerprint density at radius 3 is 1.25 bits per heavy atom. The van der Waals surface area contributed by atoms with Crippen LogP contribution in [0.5, 0.6) is 0 Å². The van der Waals surface area contributed by atoms with Crippen LogP contribution in [0.2, 0.25) is 0 Å². The Labute approximate surface area is 232 Å². The van der Waals surface area contributed by atoms with Crippen molar-refractivity contribution < 1.29 is 0 Å². The van der Waals surface area contributed by atoms with Gasteiger partial charge in [-0.2, -0.15) is 10.5 Å². The van der Waals surface area contributed by atoms with Gasteiger partial charge in [0.15, 0.2) is 0 Å². The SMILES string of the molecule is CCCCCCC(CCCC)CSc1cc(C#N)c(C#N)cc1SCC(CCCC)CCCCCC. The Morgan fingerprint density at radius 1 is 0.556 bits per heavy atom. The van der Waals surface area contributed by atoms with Gasteiger partial charge in [-0.05, 0) is 49.7 Å². The topological polar surface area (TPSA) is 47.6 Å². The summed E-state index contributed by atoms with van der Waals surface area (Å²) in [6.45, 7) is 9.12. The maximum absolute atomic E-state index is 9.66. The highest BCUT2D eigenvalue weighted by atomic mass is 32.2. The first kappa shape index (κ1) is 32.9. The number of hydrogen-bond donors (Lipinski definition) is 0. The number of thioether (sulfide) groups is 2. The van der Waals surface area contributed by atoms with E-state index in [9.17, 15) is 10.5 Å². The fourth-order valence-corrected chi connectivity index (χ4v) is 7.37. The first-order valence-electron chi connectivity index (χ1n) is 14.9. The molecule has 4 heteroatoms. The molecule has 0 amide bonds. The van der Waals surface area contributed by atoms with Crippen molar-refractivity contribution in [3.05, 3.63) is 23.3 Å². The largest absolute Gasteiger partial charge is 0.192 e. The van der Waals surface area contributed by atoms with Gasteiger partial charge < -0.3 is 0 Å². The van der Waals surface area contributed by atoms with E-state index in [-0.39, 0.29) is 0 Å². The van der Waals surface area contributed by atoms with Crippen molar-refractivity contribution in [1.82, 2.24) is 0 Å². The van der Waals surface area contributed by atoms with E-state index < -0.39 is 0 Å². The second-order valence-corrected chi connectivity index (χ2v) is 12.5. The zero-order valence-corrected chi connectivity index (χ0v) is 25.4. The summed E-state index contributed by atoms with van der Waals surface area (Å²) in [6.07, 6.45) is 20.9. The molecule has 0 aliphatic heterocycles. The summed E-state index contributed by atoms with van der Waals surface area (Å²) in [4.78, 5) is 2.43. The summed E-state index contributed by atoms with van der Waals surface area (Å²) < 4.78 is 0. The molecule has 2 atom stereocenters. The molecule has 1 aromatic rings. The lowest BCUT2D eigenvalue weighted by molar-refractivity contribution is 0.451. The van der Waals surface area contributed by atoms with E-state index in [1.807, 2.05) is 35.7 Å². The van der Waals surface area contributed by atoms with Crippen LogP contribution in [0.3, 0.4) is 0 Å². The first-order valence-corrected chi connectivity index (χ1v) is 16.8. The van der Waals surface area contributed by atoms with Crippen molar-refractivity contribution in [3.63, 3.8) is 0 Å². The van der Waals surface area contributed by atoms with E-state index >= 15 is 0 Å². The standard InChI is InChI=1S/C32H52N2S2/c1-5-9-13-15-19-27(17-11-7-3)25-35-31-21-29(23-33)30(24-34)22-32(31)36-26-28(18-12-8-4)20-16-14-10-6-2/h21-22,27-28H,5-20,25-26H2,1-4H3. The van der Waals surface area contributed by atoms with Crippen molar-refractivity contribution in [1.29, 1.82) is 10.5 Å². The van der Waals surface area contributed by atoms with Gasteiger partial charge in [0.25, 0.3) is 0 Å². The molecule has 0 fully saturated rings. The van der Waals surface area contributed by atoms with E-state index in [0.717, 1.165) is 23.3 Å². The number of unbranched alkanes of at least 4 members (excludes halogenated alkanes) is 8. The predicted octanol–water partition coefficient (Wildman–Crippen LogP) is 11.2. The number of rotatable bonds is 22. The third kappa shape index (κ3) is 14.0. The Hall–Kier alpha value is -1.10. The van der Waals surface area contributed by atoms with Gasteiger partial charge >= 0.3 is 0 Å². The molecule has 0 bridgehead atoms. The number of nitriles is 2. The van der Waals surface area contributed by atoms with Crippen LogP contribution in [-0.2, 0) is 0 Å². The van der Waals surface area contributed by atoms with Crippen molar-refractivity contribution in [3.8, 4) is 12.1 Å². The minimum absolute atomic E-state index is 0.527. The average molecular weight is 529 g/mol. The quantitative estimate of drug-likeness (QED) is 0.111. The van der Waals surface area contributed by atoms with Crippen LogP contribution in [-0.4, -0.2) is 11.5 Å². The second kappa shape index (κ2) is 21.9. The first-order chi connectivity index (χ1) is 17.6. The monoisotopic (exact) mass is 528 g/mol. The molecule has 202 valence electrons. The summed E-state index contributed by atoms with van der Waals surface area (Å²) in [5, 5.41) is 19.3. The van der Waals surface area contributed by atoms with Crippen LogP contribution >= 0.6 is 23.5 Å². The van der Waals surface area contributed by atoms with Crippen molar-refractivity contribution in [2.24, 2.45) is 11.8 Å². The van der Waals surface area contributed by atoms with Crippen LogP contribution in [0.25, 0.3) is 0 Å². The molecule has 0 N–H and O–H groups in total. The molecule has 2 unspecified atom stereocenters. The van der Waals surface area contributed by atoms with Crippen LogP contribution < -0.4 is 0 Å². The number of nitrogens with zero attached hydrogens (tertiary/aromatic N) is 2. The van der Waals surface area contributed by atoms with Gasteiger partial charge in [-0.3, -0.25) is 0 Å². The Bertz CT molecular complexity index is 713. The fourth-order valence-electron chi connectivity index (χ4n) is 4.71. The summed E-state index contributed by atoms with van der Waals surface area (Å²) in [5.74, 6) is 3.71. The van der Waals surface area contributed by atoms with Gasteiger partial charge in [-0.15, -0.1) is 23.5 Å². The van der Waals surface area contributed by atoms with E-state index in [1.54, 1.807) is 0 Å². The van der Waals surface area contributed by atoms with Crippen LogP contribution in [0.4, 0.5) is 0 Å². The molecule has 0 aliphatic carbocycles. The van der Waals surface area contributed by atoms with Crippen molar-refractivity contribution in [2.75, 3.05) is 11.5 Å². The minimum Gasteiger partial charge on any atom is -0.192 e. The summed E-state index contributed by atoms with van der Waals surface area (Å²) in [7, 11) is 0. The van der Waals surface area contributed by atoms with Gasteiger partial charge in [-0.1, -0.05) is 105 Å². The molecule has 1 aromatic carbocycles. The molecule has 0 radical (unpaired) electrons. The van der Waals surface area contributed by atoms with Crippen molar-refractivity contribution >= 4 is 23.5 Å². The van der Waals surface area contributed by atoms with Gasteiger partial charge in [-0.25, -0.2) is 0 Å². The lowest BCUT2D eigenvalue weighted by atomic mass is 9.97. The van der Waals surface area contributed by atoms with E-state index in [2.05, 4.69) is 39.8 Å². The maximum Gasteiger partial charge on any atom is 0.101 e. The smallest absolute Gasteiger partial charge is 0.101 e. The molecule has 2 nitrogen and oxygen atoms in total. The Balaban J connectivity index is 2.95. The molecule has 0 aromatic heterocycles. The Morgan fingerprint density at radius 2 is 0.917 bits per heavy atom. The van der Waals surface area contributed by atoms with Crippen molar-refractivity contribution in [2.45, 2.75) is 140 Å². The van der Waals surface area contributed by atoms with Crippen LogP contribution in [0.1, 0.15) is 142 Å². The highest BCUT2D eigenvalue weighted by Gasteiger charge is 2.16. The normalized spacial score (nSPS) is 12.7. The van der Waals surface area contributed by atoms with E-state index in [1.165, 1.54) is 113 Å². The highest BCUT2D eigenvalue weighted by Crippen LogP contribution is 2.37. The van der Waals surface area contributed by atoms with Gasteiger partial charge in [0, 0.05) is 21.3 Å². The number of hydrogen-bond acceptors (Lipinski definition) is 4. The number of benzene rings is 1. The zero-order valence-electron chi connectivity index (χ0n) is 23.7. The average Bonchev–Trinajstić information content (AvgIpc) is 2.90. The third-order valence-corrected chi connectivity index (χ3v) is 9.84. The van der Waals surface area contributed by atoms with Gasteiger partial charge in [0.2, 0.25) is 0 Å². The summed E-state index contributed by atoms with van der Waals surface area (Å²) in [6, 6.07) is 8.55. The second-order valence-electron chi connectivity index (χ2n) is 10.4. The zero-order chi connectivity index (χ0) is 26.4. The molecule has 0 heterocycles. The molecular weight excluding hydrogens is 477 g/mol. The molecule has 0 saturated carbocycles. The molecule has 0 aliphatic rings. The molecular formula is C32H52N2S2. The van der Waals surface area contributed by atoms with Gasteiger partial charge in [0.05, 0.1) is 11.1 Å². The molecule has 0 saturated heterocycles. The highest BCUT2D eigenvalue weighted by molar-refractivity contribution is 8.02. The predicted molar refractivity (Wildman–Crippen MR) is 161 cm³/mol. The molecule has 1 rings (SSSR count). The van der Waals surface area contributed by atoms with E-state index in [0.29, 0.717) is 11.1 Å². The maximum atomic E-state index is 9.66. The van der Waals surface area contributed by atoms with Crippen LogP contribution in [0.15, 0.2) is 21.9 Å². The third-order valence-electron chi connectivity index (χ3n) is 7.14. The Kier molecular flexibility index (Phi) is 20.1.